The van der Waals surface area contributed by atoms with E-state index in [9.17, 15) is 9.59 Å². The summed E-state index contributed by atoms with van der Waals surface area (Å²) >= 11 is 0. The van der Waals surface area contributed by atoms with E-state index < -0.39 is 5.97 Å². The molecule has 5 nitrogen and oxygen atoms in total. The van der Waals surface area contributed by atoms with Crippen molar-refractivity contribution in [1.82, 2.24) is 9.80 Å². The smallest absolute Gasteiger partial charge is 0.304 e. The van der Waals surface area contributed by atoms with Gasteiger partial charge in [-0.2, -0.15) is 0 Å². The summed E-state index contributed by atoms with van der Waals surface area (Å²) < 4.78 is 0. The molecule has 1 rings (SSSR count). The Morgan fingerprint density at radius 3 is 2.50 bits per heavy atom. The molecule has 1 fully saturated rings. The van der Waals surface area contributed by atoms with Crippen LogP contribution in [0.2, 0.25) is 0 Å². The topological polar surface area (TPSA) is 60.9 Å². The Labute approximate surface area is 83.3 Å². The van der Waals surface area contributed by atoms with Gasteiger partial charge in [0.2, 0.25) is 5.91 Å². The number of likely N-dealkylation sites (N-methyl/N-ethyl adjacent to an activating group) is 1. The summed E-state index contributed by atoms with van der Waals surface area (Å²) in [4.78, 5) is 24.9. The molecule has 1 heterocycles. The van der Waals surface area contributed by atoms with Gasteiger partial charge >= 0.3 is 5.97 Å². The van der Waals surface area contributed by atoms with Crippen LogP contribution in [0.1, 0.15) is 13.3 Å². The van der Waals surface area contributed by atoms with E-state index in [1.54, 1.807) is 11.8 Å². The van der Waals surface area contributed by atoms with E-state index in [1.807, 2.05) is 11.9 Å². The second kappa shape index (κ2) is 4.41. The quantitative estimate of drug-likeness (QED) is 0.672. The van der Waals surface area contributed by atoms with Gasteiger partial charge in [0.1, 0.15) is 0 Å². The number of rotatable bonds is 4. The average Bonchev–Trinajstić information content (AvgIpc) is 1.97. The lowest BCUT2D eigenvalue weighted by molar-refractivity contribution is -0.139. The number of carbonyl (C=O) groups excluding carboxylic acids is 1. The van der Waals surface area contributed by atoms with E-state index in [0.29, 0.717) is 12.6 Å². The molecule has 80 valence electrons. The number of carbonyl (C=O) groups is 2. The molecule has 0 saturated carbocycles. The number of hydrogen-bond acceptors (Lipinski definition) is 3. The molecule has 5 heteroatoms. The third-order valence-electron chi connectivity index (χ3n) is 2.61. The van der Waals surface area contributed by atoms with Crippen molar-refractivity contribution in [3.63, 3.8) is 0 Å². The minimum atomic E-state index is -0.778. The number of likely N-dealkylation sites (tertiary alicyclic amines) is 1. The van der Waals surface area contributed by atoms with Crippen molar-refractivity contribution in [3.05, 3.63) is 0 Å². The molecule has 0 radical (unpaired) electrons. The molecule has 1 aliphatic rings. The third-order valence-corrected chi connectivity index (χ3v) is 2.61. The largest absolute Gasteiger partial charge is 0.481 e. The number of carboxylic acid groups (broad SMARTS) is 1. The van der Waals surface area contributed by atoms with Crippen LogP contribution in [0.15, 0.2) is 0 Å². The van der Waals surface area contributed by atoms with Crippen LogP contribution in [-0.4, -0.2) is 59.5 Å². The van der Waals surface area contributed by atoms with Gasteiger partial charge in [0.05, 0.1) is 6.42 Å². The molecule has 0 bridgehead atoms. The molecule has 1 saturated heterocycles. The first-order valence-electron chi connectivity index (χ1n) is 4.68. The zero-order valence-corrected chi connectivity index (χ0v) is 8.56. The predicted octanol–water partition coefficient (Wildman–Crippen LogP) is -0.376. The van der Waals surface area contributed by atoms with E-state index in [4.69, 9.17) is 5.11 Å². The number of aliphatic carboxylic acids is 1. The highest BCUT2D eigenvalue weighted by atomic mass is 16.4. The van der Waals surface area contributed by atoms with Gasteiger partial charge in [-0.05, 0) is 7.05 Å². The Balaban J connectivity index is 2.19. The minimum absolute atomic E-state index is 0.0906. The summed E-state index contributed by atoms with van der Waals surface area (Å²) in [5, 5.41) is 8.48. The Bertz CT molecular complexity index is 233. The van der Waals surface area contributed by atoms with Crippen LogP contribution in [0.4, 0.5) is 0 Å². The van der Waals surface area contributed by atoms with Gasteiger partial charge in [0.15, 0.2) is 0 Å². The molecular formula is C9H16N2O3. The first-order chi connectivity index (χ1) is 6.50. The summed E-state index contributed by atoms with van der Waals surface area (Å²) in [7, 11) is 1.89. The molecule has 0 spiro atoms. The van der Waals surface area contributed by atoms with Gasteiger partial charge in [0, 0.05) is 32.6 Å². The summed E-state index contributed by atoms with van der Waals surface area (Å²) in [6.07, 6.45) is 0.160. The second-order valence-corrected chi connectivity index (χ2v) is 3.70. The second-order valence-electron chi connectivity index (χ2n) is 3.70. The Kier molecular flexibility index (Phi) is 3.46. The van der Waals surface area contributed by atoms with Crippen molar-refractivity contribution in [2.75, 3.05) is 26.7 Å². The minimum Gasteiger partial charge on any atom is -0.481 e. The molecule has 0 atom stereocenters. The van der Waals surface area contributed by atoms with E-state index in [0.717, 1.165) is 13.1 Å². The Morgan fingerprint density at radius 2 is 2.07 bits per heavy atom. The van der Waals surface area contributed by atoms with Gasteiger partial charge in [-0.25, -0.2) is 0 Å². The van der Waals surface area contributed by atoms with Crippen molar-refractivity contribution >= 4 is 11.9 Å². The Morgan fingerprint density at radius 1 is 1.50 bits per heavy atom. The molecule has 0 aromatic rings. The normalized spacial score (nSPS) is 16.9. The fourth-order valence-corrected chi connectivity index (χ4v) is 1.45. The molecule has 14 heavy (non-hydrogen) atoms. The molecular weight excluding hydrogens is 184 g/mol. The van der Waals surface area contributed by atoms with Gasteiger partial charge < -0.3 is 10.0 Å². The van der Waals surface area contributed by atoms with E-state index in [-0.39, 0.29) is 12.3 Å². The van der Waals surface area contributed by atoms with Gasteiger partial charge in [-0.3, -0.25) is 14.5 Å². The number of carboxylic acids is 1. The van der Waals surface area contributed by atoms with E-state index >= 15 is 0 Å². The van der Waals surface area contributed by atoms with Crippen molar-refractivity contribution in [2.24, 2.45) is 0 Å². The monoisotopic (exact) mass is 200 g/mol. The molecule has 1 N–H and O–H groups in total. The summed E-state index contributed by atoms with van der Waals surface area (Å²) in [6.45, 7) is 3.55. The summed E-state index contributed by atoms with van der Waals surface area (Å²) in [6, 6.07) is 0.332. The van der Waals surface area contributed by atoms with Crippen molar-refractivity contribution < 1.29 is 14.7 Å². The molecule has 0 unspecified atom stereocenters. The van der Waals surface area contributed by atoms with Gasteiger partial charge in [0.25, 0.3) is 0 Å². The van der Waals surface area contributed by atoms with Crippen LogP contribution in [-0.2, 0) is 9.59 Å². The maximum Gasteiger partial charge on any atom is 0.304 e. The fourth-order valence-electron chi connectivity index (χ4n) is 1.45. The first-order valence-corrected chi connectivity index (χ1v) is 4.68. The highest BCUT2D eigenvalue weighted by Gasteiger charge is 2.31. The van der Waals surface area contributed by atoms with Crippen LogP contribution in [0.25, 0.3) is 0 Å². The van der Waals surface area contributed by atoms with E-state index in [2.05, 4.69) is 0 Å². The molecule has 0 aromatic carbocycles. The predicted molar refractivity (Wildman–Crippen MR) is 50.9 cm³/mol. The highest BCUT2D eigenvalue weighted by Crippen LogP contribution is 2.13. The van der Waals surface area contributed by atoms with Crippen LogP contribution < -0.4 is 0 Å². The van der Waals surface area contributed by atoms with Crippen molar-refractivity contribution in [3.8, 4) is 0 Å². The lowest BCUT2D eigenvalue weighted by Gasteiger charge is -2.43. The fraction of sp³-hybridized carbons (Fsp3) is 0.778. The molecule has 1 aliphatic heterocycles. The van der Waals surface area contributed by atoms with Gasteiger partial charge in [-0.15, -0.1) is 0 Å². The highest BCUT2D eigenvalue weighted by molar-refractivity contribution is 5.74. The number of nitrogens with zero attached hydrogens (tertiary/aromatic N) is 2. The van der Waals surface area contributed by atoms with Gasteiger partial charge in [-0.1, -0.05) is 0 Å². The lowest BCUT2D eigenvalue weighted by atomic mass is 10.1. The lowest BCUT2D eigenvalue weighted by Crippen LogP contribution is -2.59. The first kappa shape index (κ1) is 11.0. The summed E-state index contributed by atoms with van der Waals surface area (Å²) in [5.41, 5.74) is 0. The third kappa shape index (κ3) is 2.70. The SMILES string of the molecule is CC(=O)N1CC(N(C)CCC(=O)O)C1. The molecule has 1 amide bonds. The maximum absolute atomic E-state index is 10.9. The standard InChI is InChI=1S/C9H16N2O3/c1-7(12)11-5-8(6-11)10(2)4-3-9(13)14/h8H,3-6H2,1-2H3,(H,13,14). The zero-order valence-electron chi connectivity index (χ0n) is 8.56. The molecule has 0 aliphatic carbocycles. The van der Waals surface area contributed by atoms with Crippen LogP contribution in [0.3, 0.4) is 0 Å². The van der Waals surface area contributed by atoms with Crippen molar-refractivity contribution in [2.45, 2.75) is 19.4 Å². The van der Waals surface area contributed by atoms with Crippen LogP contribution in [0.5, 0.6) is 0 Å². The van der Waals surface area contributed by atoms with E-state index in [1.165, 1.54) is 0 Å². The van der Waals surface area contributed by atoms with Crippen LogP contribution in [0, 0.1) is 0 Å². The maximum atomic E-state index is 10.9. The zero-order chi connectivity index (χ0) is 10.7. The average molecular weight is 200 g/mol. The van der Waals surface area contributed by atoms with Crippen LogP contribution >= 0.6 is 0 Å². The number of hydrogen-bond donors (Lipinski definition) is 1. The number of amides is 1. The summed E-state index contributed by atoms with van der Waals surface area (Å²) in [5.74, 6) is -0.688. The van der Waals surface area contributed by atoms with Crippen molar-refractivity contribution in [1.29, 1.82) is 0 Å². The Hall–Kier alpha value is -1.10. The molecule has 0 aromatic heterocycles.